The Hall–Kier alpha value is -2.29. The molecule has 0 bridgehead atoms. The van der Waals surface area contributed by atoms with Crippen LogP contribution in [0.4, 0.5) is 5.13 Å². The molecule has 1 heterocycles. The van der Waals surface area contributed by atoms with Crippen molar-refractivity contribution in [2.24, 2.45) is 0 Å². The standard InChI is InChI=1S/C20H20ClN3O3S2/c1-3-26-16-10-7-14(11-17(16)27-4-2)18(25)22-19-23-24-20(29-19)28-12-13-5-8-15(21)9-6-13/h5-11H,3-4,12H2,1-2H3,(H,22,23,25). The highest BCUT2D eigenvalue weighted by Gasteiger charge is 2.14. The second kappa shape index (κ2) is 10.5. The molecule has 0 aliphatic heterocycles. The highest BCUT2D eigenvalue weighted by Crippen LogP contribution is 2.31. The van der Waals surface area contributed by atoms with E-state index in [4.69, 9.17) is 21.1 Å². The van der Waals surface area contributed by atoms with Gasteiger partial charge in [-0.15, -0.1) is 10.2 Å². The highest BCUT2D eigenvalue weighted by molar-refractivity contribution is 8.00. The van der Waals surface area contributed by atoms with Gasteiger partial charge in [-0.2, -0.15) is 0 Å². The third-order valence-corrected chi connectivity index (χ3v) is 6.00. The van der Waals surface area contributed by atoms with Crippen LogP contribution in [0.2, 0.25) is 5.02 Å². The molecule has 3 rings (SSSR count). The van der Waals surface area contributed by atoms with Crippen molar-refractivity contribution in [3.8, 4) is 11.5 Å². The predicted molar refractivity (Wildman–Crippen MR) is 118 cm³/mol. The molecule has 1 amide bonds. The summed E-state index contributed by atoms with van der Waals surface area (Å²) in [5, 5.41) is 12.1. The first-order valence-electron chi connectivity index (χ1n) is 9.00. The van der Waals surface area contributed by atoms with Gasteiger partial charge in [-0.3, -0.25) is 10.1 Å². The van der Waals surface area contributed by atoms with E-state index in [0.29, 0.717) is 40.4 Å². The van der Waals surface area contributed by atoms with Crippen molar-refractivity contribution in [1.29, 1.82) is 0 Å². The summed E-state index contributed by atoms with van der Waals surface area (Å²) < 4.78 is 11.9. The minimum absolute atomic E-state index is 0.278. The number of amides is 1. The number of carbonyl (C=O) groups excluding carboxylic acids is 1. The summed E-state index contributed by atoms with van der Waals surface area (Å²) in [6, 6.07) is 12.8. The summed E-state index contributed by atoms with van der Waals surface area (Å²) in [4.78, 5) is 12.6. The zero-order chi connectivity index (χ0) is 20.6. The van der Waals surface area contributed by atoms with Crippen LogP contribution in [0.15, 0.2) is 46.8 Å². The molecule has 0 aliphatic rings. The lowest BCUT2D eigenvalue weighted by Gasteiger charge is -2.12. The van der Waals surface area contributed by atoms with Crippen LogP contribution in [-0.4, -0.2) is 29.3 Å². The van der Waals surface area contributed by atoms with E-state index in [1.807, 2.05) is 38.1 Å². The van der Waals surface area contributed by atoms with Gasteiger partial charge >= 0.3 is 0 Å². The summed E-state index contributed by atoms with van der Waals surface area (Å²) in [6.07, 6.45) is 0. The second-order valence-electron chi connectivity index (χ2n) is 5.77. The van der Waals surface area contributed by atoms with E-state index in [1.54, 1.807) is 30.0 Å². The number of thioether (sulfide) groups is 1. The summed E-state index contributed by atoms with van der Waals surface area (Å²) in [6.45, 7) is 4.78. The van der Waals surface area contributed by atoms with Crippen LogP contribution < -0.4 is 14.8 Å². The fraction of sp³-hybridized carbons (Fsp3) is 0.250. The minimum atomic E-state index is -0.278. The topological polar surface area (TPSA) is 73.3 Å². The molecule has 29 heavy (non-hydrogen) atoms. The van der Waals surface area contributed by atoms with Crippen molar-refractivity contribution in [1.82, 2.24) is 10.2 Å². The number of ether oxygens (including phenoxy) is 2. The lowest BCUT2D eigenvalue weighted by atomic mass is 10.2. The molecule has 0 saturated heterocycles. The van der Waals surface area contributed by atoms with Crippen molar-refractivity contribution in [2.75, 3.05) is 18.5 Å². The number of nitrogens with one attached hydrogen (secondary N) is 1. The van der Waals surface area contributed by atoms with Crippen LogP contribution >= 0.6 is 34.7 Å². The number of carbonyl (C=O) groups is 1. The van der Waals surface area contributed by atoms with E-state index in [-0.39, 0.29) is 5.91 Å². The molecule has 0 spiro atoms. The van der Waals surface area contributed by atoms with Gasteiger partial charge in [-0.05, 0) is 49.7 Å². The van der Waals surface area contributed by atoms with Crippen LogP contribution in [0, 0.1) is 0 Å². The van der Waals surface area contributed by atoms with E-state index in [9.17, 15) is 4.79 Å². The number of aromatic nitrogens is 2. The van der Waals surface area contributed by atoms with Gasteiger partial charge in [0.2, 0.25) is 5.13 Å². The average Bonchev–Trinajstić information content (AvgIpc) is 3.16. The normalized spacial score (nSPS) is 10.6. The van der Waals surface area contributed by atoms with Gasteiger partial charge in [-0.1, -0.05) is 46.8 Å². The molecule has 2 aromatic carbocycles. The molecule has 9 heteroatoms. The maximum Gasteiger partial charge on any atom is 0.257 e. The molecular formula is C20H20ClN3O3S2. The number of nitrogens with zero attached hydrogens (tertiary/aromatic N) is 2. The first-order valence-corrected chi connectivity index (χ1v) is 11.2. The SMILES string of the molecule is CCOc1ccc(C(=O)Nc2nnc(SCc3ccc(Cl)cc3)s2)cc1OCC. The van der Waals surface area contributed by atoms with Crippen molar-refractivity contribution in [2.45, 2.75) is 23.9 Å². The first-order chi connectivity index (χ1) is 14.1. The van der Waals surface area contributed by atoms with E-state index in [2.05, 4.69) is 15.5 Å². The lowest BCUT2D eigenvalue weighted by Crippen LogP contribution is -2.12. The van der Waals surface area contributed by atoms with Crippen molar-refractivity contribution in [3.05, 3.63) is 58.6 Å². The fourth-order valence-corrected chi connectivity index (χ4v) is 4.23. The number of benzene rings is 2. The molecule has 0 radical (unpaired) electrons. The van der Waals surface area contributed by atoms with Crippen LogP contribution in [0.1, 0.15) is 29.8 Å². The molecule has 1 N–H and O–H groups in total. The summed E-state index contributed by atoms with van der Waals surface area (Å²) in [5.41, 5.74) is 1.60. The number of halogens is 1. The Bertz CT molecular complexity index is 964. The number of rotatable bonds is 9. The van der Waals surface area contributed by atoms with Crippen molar-refractivity contribution in [3.63, 3.8) is 0 Å². The van der Waals surface area contributed by atoms with Gasteiger partial charge in [0, 0.05) is 16.3 Å². The molecule has 1 aromatic heterocycles. The van der Waals surface area contributed by atoms with Gasteiger partial charge in [0.1, 0.15) is 0 Å². The zero-order valence-corrected chi connectivity index (χ0v) is 18.4. The second-order valence-corrected chi connectivity index (χ2v) is 8.41. The van der Waals surface area contributed by atoms with E-state index in [0.717, 1.165) is 15.7 Å². The van der Waals surface area contributed by atoms with Crippen LogP contribution in [-0.2, 0) is 5.75 Å². The minimum Gasteiger partial charge on any atom is -0.490 e. The van der Waals surface area contributed by atoms with Crippen molar-refractivity contribution < 1.29 is 14.3 Å². The Morgan fingerprint density at radius 2 is 1.79 bits per heavy atom. The van der Waals surface area contributed by atoms with Gasteiger partial charge in [0.15, 0.2) is 15.8 Å². The largest absolute Gasteiger partial charge is 0.490 e. The smallest absolute Gasteiger partial charge is 0.257 e. The van der Waals surface area contributed by atoms with Crippen molar-refractivity contribution >= 4 is 45.7 Å². The molecular weight excluding hydrogens is 430 g/mol. The molecule has 0 unspecified atom stereocenters. The molecule has 0 aliphatic carbocycles. The molecule has 0 atom stereocenters. The molecule has 0 saturated carbocycles. The third-order valence-electron chi connectivity index (χ3n) is 3.71. The van der Waals surface area contributed by atoms with Crippen LogP contribution in [0.25, 0.3) is 0 Å². The van der Waals surface area contributed by atoms with Gasteiger partial charge in [0.05, 0.1) is 13.2 Å². The quantitative estimate of drug-likeness (QED) is 0.342. The van der Waals surface area contributed by atoms with Gasteiger partial charge < -0.3 is 9.47 Å². The van der Waals surface area contributed by atoms with Crippen LogP contribution in [0.3, 0.4) is 0 Å². The Kier molecular flexibility index (Phi) is 7.74. The maximum atomic E-state index is 12.6. The number of hydrogen-bond donors (Lipinski definition) is 1. The van der Waals surface area contributed by atoms with Gasteiger partial charge in [-0.25, -0.2) is 0 Å². The van der Waals surface area contributed by atoms with E-state index in [1.165, 1.54) is 11.3 Å². The zero-order valence-electron chi connectivity index (χ0n) is 16.0. The summed E-state index contributed by atoms with van der Waals surface area (Å²) in [5.74, 6) is 1.62. The Morgan fingerprint density at radius 3 is 2.52 bits per heavy atom. The van der Waals surface area contributed by atoms with Gasteiger partial charge in [0.25, 0.3) is 5.91 Å². The Labute approximate surface area is 182 Å². The molecule has 0 fully saturated rings. The van der Waals surface area contributed by atoms with E-state index < -0.39 is 0 Å². The molecule has 6 nitrogen and oxygen atoms in total. The fourth-order valence-electron chi connectivity index (χ4n) is 2.41. The predicted octanol–water partition coefficient (Wildman–Crippen LogP) is 5.53. The summed E-state index contributed by atoms with van der Waals surface area (Å²) >= 11 is 8.78. The molecule has 3 aromatic rings. The molecule has 152 valence electrons. The lowest BCUT2D eigenvalue weighted by molar-refractivity contribution is 0.102. The number of hydrogen-bond acceptors (Lipinski definition) is 7. The van der Waals surface area contributed by atoms with Crippen LogP contribution in [0.5, 0.6) is 11.5 Å². The third kappa shape index (κ3) is 6.09. The Morgan fingerprint density at radius 1 is 1.07 bits per heavy atom. The highest BCUT2D eigenvalue weighted by atomic mass is 35.5. The average molecular weight is 450 g/mol. The summed E-state index contributed by atoms with van der Waals surface area (Å²) in [7, 11) is 0. The van der Waals surface area contributed by atoms with E-state index >= 15 is 0 Å². The number of anilines is 1. The maximum absolute atomic E-state index is 12.6. The first kappa shape index (κ1) is 21.4. The monoisotopic (exact) mass is 449 g/mol. The Balaban J connectivity index is 1.62.